The molecule has 0 N–H and O–H groups in total. The van der Waals surface area contributed by atoms with Crippen molar-refractivity contribution in [2.75, 3.05) is 7.11 Å². The number of rotatable bonds is 12. The van der Waals surface area contributed by atoms with Gasteiger partial charge in [0.2, 0.25) is 0 Å². The van der Waals surface area contributed by atoms with Gasteiger partial charge in [-0.25, -0.2) is 0 Å². The maximum atomic E-state index is 10.8. The number of methoxy groups -OCH3 is 1. The average molecular weight is 367 g/mol. The van der Waals surface area contributed by atoms with Crippen LogP contribution in [0.15, 0.2) is 48.5 Å². The van der Waals surface area contributed by atoms with E-state index in [0.29, 0.717) is 0 Å². The van der Waals surface area contributed by atoms with Crippen molar-refractivity contribution in [2.24, 2.45) is 0 Å². The van der Waals surface area contributed by atoms with E-state index in [2.05, 4.69) is 30.3 Å². The number of benzene rings is 2. The van der Waals surface area contributed by atoms with Crippen LogP contribution in [-0.4, -0.2) is 19.5 Å². The highest BCUT2D eigenvalue weighted by molar-refractivity contribution is 5.62. The van der Waals surface area contributed by atoms with Crippen molar-refractivity contribution < 1.29 is 14.3 Å². The quantitative estimate of drug-likeness (QED) is 0.284. The molecule has 1 saturated heterocycles. The molecule has 1 fully saturated rings. The van der Waals surface area contributed by atoms with Crippen LogP contribution in [0.2, 0.25) is 0 Å². The summed E-state index contributed by atoms with van der Waals surface area (Å²) in [6.07, 6.45) is 10.5. The van der Waals surface area contributed by atoms with Crippen LogP contribution < -0.4 is 4.74 Å². The van der Waals surface area contributed by atoms with Gasteiger partial charge in [0.05, 0.1) is 7.11 Å². The van der Waals surface area contributed by atoms with Crippen molar-refractivity contribution in [1.82, 2.24) is 0 Å². The van der Waals surface area contributed by atoms with E-state index < -0.39 is 0 Å². The van der Waals surface area contributed by atoms with Crippen molar-refractivity contribution in [3.8, 4) is 5.75 Å². The van der Waals surface area contributed by atoms with E-state index in [-0.39, 0.29) is 12.2 Å². The van der Waals surface area contributed by atoms with Crippen LogP contribution in [0, 0.1) is 0 Å². The Kier molecular flexibility index (Phi) is 7.46. The minimum atomic E-state index is -0.225. The predicted molar refractivity (Wildman–Crippen MR) is 108 cm³/mol. The van der Waals surface area contributed by atoms with Gasteiger partial charge in [-0.2, -0.15) is 0 Å². The van der Waals surface area contributed by atoms with E-state index in [9.17, 15) is 4.79 Å². The van der Waals surface area contributed by atoms with Gasteiger partial charge in [-0.3, -0.25) is 0 Å². The molecule has 0 aliphatic carbocycles. The summed E-state index contributed by atoms with van der Waals surface area (Å²) in [6, 6.07) is 16.8. The van der Waals surface area contributed by atoms with Gasteiger partial charge >= 0.3 is 0 Å². The predicted octanol–water partition coefficient (Wildman–Crippen LogP) is 5.46. The molecule has 0 aromatic heterocycles. The van der Waals surface area contributed by atoms with E-state index in [1.165, 1.54) is 55.2 Å². The molecular formula is C24H30O3. The molecule has 3 heteroatoms. The average Bonchev–Trinajstić information content (AvgIpc) is 3.50. The fourth-order valence-corrected chi connectivity index (χ4v) is 3.66. The summed E-state index contributed by atoms with van der Waals surface area (Å²) in [5.41, 5.74) is 3.93. The summed E-state index contributed by atoms with van der Waals surface area (Å²) < 4.78 is 10.6. The van der Waals surface area contributed by atoms with Crippen LogP contribution in [0.5, 0.6) is 5.75 Å². The molecule has 1 heterocycles. The number of unbranched alkanes of at least 4 members (excludes halogenated alkanes) is 5. The molecule has 2 aromatic carbocycles. The monoisotopic (exact) mass is 366 g/mol. The summed E-state index contributed by atoms with van der Waals surface area (Å²) >= 11 is 0. The number of hydrogen-bond acceptors (Lipinski definition) is 3. The molecule has 3 rings (SSSR count). The van der Waals surface area contributed by atoms with Gasteiger partial charge in [0.15, 0.2) is 6.29 Å². The largest absolute Gasteiger partial charge is 0.497 e. The molecule has 3 nitrogen and oxygen atoms in total. The molecule has 27 heavy (non-hydrogen) atoms. The van der Waals surface area contributed by atoms with Crippen LogP contribution in [0.25, 0.3) is 0 Å². The Morgan fingerprint density at radius 3 is 2.22 bits per heavy atom. The summed E-state index contributed by atoms with van der Waals surface area (Å²) in [6.45, 7) is 0. The number of epoxide rings is 1. The lowest BCUT2D eigenvalue weighted by Crippen LogP contribution is -1.96. The second-order valence-corrected chi connectivity index (χ2v) is 7.33. The number of carbonyl (C=O) groups excluding carboxylic acids is 1. The minimum Gasteiger partial charge on any atom is -0.497 e. The molecule has 144 valence electrons. The molecule has 0 spiro atoms. The van der Waals surface area contributed by atoms with Crippen molar-refractivity contribution in [2.45, 2.75) is 63.6 Å². The Hall–Kier alpha value is -2.13. The fourth-order valence-electron chi connectivity index (χ4n) is 3.66. The molecule has 2 unspecified atom stereocenters. The third-order valence-corrected chi connectivity index (χ3v) is 5.34. The van der Waals surface area contributed by atoms with Crippen LogP contribution in [0.4, 0.5) is 0 Å². The summed E-state index contributed by atoms with van der Waals surface area (Å²) in [7, 11) is 1.70. The first-order chi connectivity index (χ1) is 13.3. The molecule has 2 aromatic rings. The van der Waals surface area contributed by atoms with E-state index >= 15 is 0 Å². The lowest BCUT2D eigenvalue weighted by atomic mass is 9.97. The van der Waals surface area contributed by atoms with Crippen LogP contribution in [0.3, 0.4) is 0 Å². The normalized spacial score (nSPS) is 18.3. The number of aldehydes is 1. The minimum absolute atomic E-state index is 0.00310. The van der Waals surface area contributed by atoms with Gasteiger partial charge in [0.1, 0.15) is 18.0 Å². The lowest BCUT2D eigenvalue weighted by Gasteiger charge is -2.07. The Bertz CT molecular complexity index is 708. The van der Waals surface area contributed by atoms with E-state index in [0.717, 1.165) is 24.9 Å². The zero-order valence-electron chi connectivity index (χ0n) is 16.2. The summed E-state index contributed by atoms with van der Waals surface area (Å²) in [5, 5.41) is 0. The molecule has 1 aliphatic rings. The Morgan fingerprint density at radius 1 is 0.889 bits per heavy atom. The van der Waals surface area contributed by atoms with Gasteiger partial charge in [-0.05, 0) is 54.5 Å². The first kappa shape index (κ1) is 19.6. The van der Waals surface area contributed by atoms with Gasteiger partial charge in [0.25, 0.3) is 0 Å². The van der Waals surface area contributed by atoms with Crippen LogP contribution >= 0.6 is 0 Å². The Balaban J connectivity index is 1.27. The molecule has 0 amide bonds. The maximum absolute atomic E-state index is 10.8. The van der Waals surface area contributed by atoms with Gasteiger partial charge in [0, 0.05) is 0 Å². The van der Waals surface area contributed by atoms with Crippen LogP contribution in [-0.2, 0) is 22.4 Å². The fraction of sp³-hybridized carbons (Fsp3) is 0.458. The topological polar surface area (TPSA) is 38.8 Å². The summed E-state index contributed by atoms with van der Waals surface area (Å²) in [5.74, 6) is 0.926. The van der Waals surface area contributed by atoms with Crippen molar-refractivity contribution in [1.29, 1.82) is 0 Å². The highest BCUT2D eigenvalue weighted by Gasteiger charge is 2.40. The Morgan fingerprint density at radius 2 is 1.56 bits per heavy atom. The van der Waals surface area contributed by atoms with Crippen LogP contribution in [0.1, 0.15) is 61.3 Å². The smallest absolute Gasteiger partial charge is 0.151 e. The van der Waals surface area contributed by atoms with Crippen molar-refractivity contribution >= 4 is 6.29 Å². The SMILES string of the molecule is COc1ccc(CCCCCCCCc2ccccc2C2OC2C=O)cc1. The second kappa shape index (κ2) is 10.3. The maximum Gasteiger partial charge on any atom is 0.151 e. The molecular weight excluding hydrogens is 336 g/mol. The summed E-state index contributed by atoms with van der Waals surface area (Å²) in [4.78, 5) is 10.8. The van der Waals surface area contributed by atoms with E-state index in [1.807, 2.05) is 18.2 Å². The van der Waals surface area contributed by atoms with E-state index in [1.54, 1.807) is 7.11 Å². The first-order valence-electron chi connectivity index (χ1n) is 10.1. The number of ether oxygens (including phenoxy) is 2. The van der Waals surface area contributed by atoms with Gasteiger partial charge < -0.3 is 14.3 Å². The van der Waals surface area contributed by atoms with Crippen molar-refractivity contribution in [3.05, 3.63) is 65.2 Å². The molecule has 1 aliphatic heterocycles. The molecule has 0 saturated carbocycles. The van der Waals surface area contributed by atoms with Crippen molar-refractivity contribution in [3.63, 3.8) is 0 Å². The third-order valence-electron chi connectivity index (χ3n) is 5.34. The first-order valence-corrected chi connectivity index (χ1v) is 10.1. The Labute approximate surface area is 162 Å². The third kappa shape index (κ3) is 5.93. The molecule has 2 atom stereocenters. The highest BCUT2D eigenvalue weighted by Crippen LogP contribution is 2.39. The molecule has 0 bridgehead atoms. The number of aryl methyl sites for hydroxylation is 2. The van der Waals surface area contributed by atoms with Gasteiger partial charge in [-0.15, -0.1) is 0 Å². The number of hydrogen-bond donors (Lipinski definition) is 0. The number of carbonyl (C=O) groups is 1. The van der Waals surface area contributed by atoms with Gasteiger partial charge in [-0.1, -0.05) is 62.1 Å². The highest BCUT2D eigenvalue weighted by atomic mass is 16.6. The zero-order chi connectivity index (χ0) is 18.9. The van der Waals surface area contributed by atoms with E-state index in [4.69, 9.17) is 9.47 Å². The standard InChI is InChI=1S/C24H30O3/c1-26-21-16-14-19(15-17-21)10-6-4-2-3-5-7-11-20-12-8-9-13-22(20)24-23(18-25)27-24/h8-9,12-18,23-24H,2-7,10-11H2,1H3. The zero-order valence-corrected chi connectivity index (χ0v) is 16.2. The second-order valence-electron chi connectivity index (χ2n) is 7.33. The molecule has 0 radical (unpaired) electrons. The lowest BCUT2D eigenvalue weighted by molar-refractivity contribution is -0.108.